The van der Waals surface area contributed by atoms with Gasteiger partial charge in [-0.2, -0.15) is 0 Å². The molecule has 0 aliphatic carbocycles. The van der Waals surface area contributed by atoms with Crippen molar-refractivity contribution in [3.8, 4) is 0 Å². The van der Waals surface area contributed by atoms with Crippen LogP contribution in [0.3, 0.4) is 0 Å². The lowest BCUT2D eigenvalue weighted by atomic mass is 10.1. The van der Waals surface area contributed by atoms with Gasteiger partial charge in [0.15, 0.2) is 12.1 Å². The average Bonchev–Trinajstić information content (AvgIpc) is 2.76. The van der Waals surface area contributed by atoms with E-state index in [4.69, 9.17) is 14.2 Å². The van der Waals surface area contributed by atoms with Crippen molar-refractivity contribution in [3.63, 3.8) is 0 Å². The summed E-state index contributed by atoms with van der Waals surface area (Å²) in [6.45, 7) is 6.69. The Labute approximate surface area is 108 Å². The van der Waals surface area contributed by atoms with E-state index >= 15 is 0 Å². The van der Waals surface area contributed by atoms with Crippen LogP contribution in [0.15, 0.2) is 0 Å². The van der Waals surface area contributed by atoms with Crippen molar-refractivity contribution >= 4 is 0 Å². The summed E-state index contributed by atoms with van der Waals surface area (Å²) in [6, 6.07) is 0. The quantitative estimate of drug-likeness (QED) is 0.789. The molecule has 3 heterocycles. The van der Waals surface area contributed by atoms with Gasteiger partial charge >= 0.3 is 0 Å². The summed E-state index contributed by atoms with van der Waals surface area (Å²) in [6.07, 6.45) is 2.29. The van der Waals surface area contributed by atoms with Gasteiger partial charge in [-0.15, -0.1) is 0 Å². The van der Waals surface area contributed by atoms with Crippen molar-refractivity contribution in [2.75, 3.05) is 19.6 Å². The number of aliphatic hydroxyl groups is 1. The summed E-state index contributed by atoms with van der Waals surface area (Å²) in [7, 11) is 0. The molecule has 0 bridgehead atoms. The van der Waals surface area contributed by atoms with Crippen molar-refractivity contribution in [2.24, 2.45) is 0 Å². The molecule has 3 aliphatic heterocycles. The lowest BCUT2D eigenvalue weighted by Gasteiger charge is -2.30. The highest BCUT2D eigenvalue weighted by Crippen LogP contribution is 2.37. The summed E-state index contributed by atoms with van der Waals surface area (Å²) in [5.41, 5.74) is 0. The molecular weight excluding hydrogens is 234 g/mol. The van der Waals surface area contributed by atoms with Crippen molar-refractivity contribution in [2.45, 2.75) is 63.5 Å². The molecule has 0 amide bonds. The molecule has 104 valence electrons. The molecule has 3 saturated heterocycles. The third-order valence-electron chi connectivity index (χ3n) is 4.00. The third kappa shape index (κ3) is 2.42. The van der Waals surface area contributed by atoms with Crippen LogP contribution < -0.4 is 0 Å². The predicted molar refractivity (Wildman–Crippen MR) is 65.0 cm³/mol. The van der Waals surface area contributed by atoms with E-state index in [1.54, 1.807) is 0 Å². The van der Waals surface area contributed by atoms with Gasteiger partial charge in [0.1, 0.15) is 18.3 Å². The van der Waals surface area contributed by atoms with Crippen LogP contribution in [0.1, 0.15) is 33.1 Å². The number of hydrogen-bond donors (Lipinski definition) is 1. The zero-order chi connectivity index (χ0) is 12.8. The first kappa shape index (κ1) is 12.8. The van der Waals surface area contributed by atoms with E-state index in [0.717, 1.165) is 19.6 Å². The highest BCUT2D eigenvalue weighted by atomic mass is 16.8. The Morgan fingerprint density at radius 2 is 1.89 bits per heavy atom. The fourth-order valence-corrected chi connectivity index (χ4v) is 3.11. The maximum atomic E-state index is 10.3. The Morgan fingerprint density at radius 1 is 1.17 bits per heavy atom. The van der Waals surface area contributed by atoms with Crippen molar-refractivity contribution in [1.82, 2.24) is 4.90 Å². The van der Waals surface area contributed by atoms with Gasteiger partial charge in [-0.3, -0.25) is 0 Å². The summed E-state index contributed by atoms with van der Waals surface area (Å²) in [4.78, 5) is 2.36. The molecule has 0 aromatic carbocycles. The first-order chi connectivity index (χ1) is 8.55. The fraction of sp³-hybridized carbons (Fsp3) is 1.00. The van der Waals surface area contributed by atoms with Crippen LogP contribution in [0.25, 0.3) is 0 Å². The molecule has 1 N–H and O–H groups in total. The van der Waals surface area contributed by atoms with Gasteiger partial charge in [-0.05, 0) is 39.8 Å². The van der Waals surface area contributed by atoms with Crippen LogP contribution in [0.4, 0.5) is 0 Å². The third-order valence-corrected chi connectivity index (χ3v) is 4.00. The van der Waals surface area contributed by atoms with Crippen LogP contribution in [0.2, 0.25) is 0 Å². The zero-order valence-corrected chi connectivity index (χ0v) is 11.2. The van der Waals surface area contributed by atoms with Gasteiger partial charge in [-0.1, -0.05) is 6.42 Å². The minimum atomic E-state index is -0.646. The molecule has 0 radical (unpaired) electrons. The number of hydrogen-bond acceptors (Lipinski definition) is 5. The number of rotatable bonds is 2. The molecular formula is C13H23NO4. The molecule has 0 spiro atoms. The summed E-state index contributed by atoms with van der Waals surface area (Å²) >= 11 is 0. The number of nitrogens with zero attached hydrogens (tertiary/aromatic N) is 1. The Bertz CT molecular complexity index is 303. The molecule has 3 aliphatic rings. The van der Waals surface area contributed by atoms with Crippen molar-refractivity contribution in [1.29, 1.82) is 0 Å². The lowest BCUT2D eigenvalue weighted by Crippen LogP contribution is -2.43. The first-order valence-electron chi connectivity index (χ1n) is 6.97. The maximum absolute atomic E-state index is 10.3. The smallest absolute Gasteiger partial charge is 0.190 e. The van der Waals surface area contributed by atoms with Gasteiger partial charge < -0.3 is 24.2 Å². The van der Waals surface area contributed by atoms with E-state index in [-0.39, 0.29) is 12.2 Å². The molecule has 0 aromatic rings. The lowest BCUT2D eigenvalue weighted by molar-refractivity contribution is -0.216. The molecule has 5 heteroatoms. The van der Waals surface area contributed by atoms with Gasteiger partial charge in [0, 0.05) is 6.54 Å². The predicted octanol–water partition coefficient (Wildman–Crippen LogP) is 0.710. The number of ether oxygens (including phenoxy) is 3. The second kappa shape index (κ2) is 4.72. The van der Waals surface area contributed by atoms with Crippen LogP contribution >= 0.6 is 0 Å². The van der Waals surface area contributed by atoms with E-state index in [2.05, 4.69) is 4.90 Å². The molecule has 5 nitrogen and oxygen atoms in total. The molecule has 3 rings (SSSR count). The number of aliphatic hydroxyl groups excluding tert-OH is 1. The average molecular weight is 257 g/mol. The van der Waals surface area contributed by atoms with Gasteiger partial charge in [0.25, 0.3) is 0 Å². The second-order valence-electron chi connectivity index (χ2n) is 5.99. The Hall–Kier alpha value is -0.200. The van der Waals surface area contributed by atoms with Crippen LogP contribution in [-0.4, -0.2) is 60.0 Å². The molecule has 3 fully saturated rings. The summed E-state index contributed by atoms with van der Waals surface area (Å²) in [5, 5.41) is 10.3. The highest BCUT2D eigenvalue weighted by molar-refractivity contribution is 4.94. The fourth-order valence-electron chi connectivity index (χ4n) is 3.11. The number of likely N-dealkylation sites (tertiary alicyclic amines) is 1. The maximum Gasteiger partial charge on any atom is 0.190 e. The van der Waals surface area contributed by atoms with E-state index in [1.165, 1.54) is 19.3 Å². The van der Waals surface area contributed by atoms with Crippen LogP contribution in [-0.2, 0) is 14.2 Å². The molecule has 4 unspecified atom stereocenters. The molecule has 4 atom stereocenters. The zero-order valence-electron chi connectivity index (χ0n) is 11.2. The molecule has 18 heavy (non-hydrogen) atoms. The van der Waals surface area contributed by atoms with Crippen molar-refractivity contribution in [3.05, 3.63) is 0 Å². The van der Waals surface area contributed by atoms with Crippen LogP contribution in [0.5, 0.6) is 0 Å². The summed E-state index contributed by atoms with van der Waals surface area (Å²) in [5.74, 6) is -0.646. The Kier molecular flexibility index (Phi) is 3.36. The minimum absolute atomic E-state index is 0.186. The Morgan fingerprint density at radius 3 is 2.56 bits per heavy atom. The topological polar surface area (TPSA) is 51.2 Å². The monoisotopic (exact) mass is 257 g/mol. The molecule has 0 saturated carbocycles. The van der Waals surface area contributed by atoms with Crippen molar-refractivity contribution < 1.29 is 19.3 Å². The number of piperidine rings is 1. The van der Waals surface area contributed by atoms with Gasteiger partial charge in [0.05, 0.1) is 0 Å². The normalized spacial score (nSPS) is 44.2. The minimum Gasteiger partial charge on any atom is -0.387 e. The van der Waals surface area contributed by atoms with E-state index in [1.807, 2.05) is 13.8 Å². The SMILES string of the molecule is CC1(C)OC2OC(CN3CCCCC3)C(O)C2O1. The first-order valence-corrected chi connectivity index (χ1v) is 6.97. The highest BCUT2D eigenvalue weighted by Gasteiger charge is 2.54. The van der Waals surface area contributed by atoms with E-state index in [0.29, 0.717) is 0 Å². The summed E-state index contributed by atoms with van der Waals surface area (Å²) < 4.78 is 17.1. The van der Waals surface area contributed by atoms with Crippen LogP contribution in [0, 0.1) is 0 Å². The standard InChI is InChI=1S/C13H23NO4/c1-13(2)17-11-10(15)9(16-12(11)18-13)8-14-6-4-3-5-7-14/h9-12,15H,3-8H2,1-2H3. The molecule has 0 aromatic heterocycles. The van der Waals surface area contributed by atoms with E-state index in [9.17, 15) is 5.11 Å². The second-order valence-corrected chi connectivity index (χ2v) is 5.99. The Balaban J connectivity index is 1.57. The van der Waals surface area contributed by atoms with Gasteiger partial charge in [0.2, 0.25) is 0 Å². The van der Waals surface area contributed by atoms with E-state index < -0.39 is 18.2 Å². The largest absolute Gasteiger partial charge is 0.387 e. The van der Waals surface area contributed by atoms with Gasteiger partial charge in [-0.25, -0.2) is 0 Å². The number of fused-ring (bicyclic) bond motifs is 1.